The lowest BCUT2D eigenvalue weighted by Gasteiger charge is -2.16. The van der Waals surface area contributed by atoms with Crippen molar-refractivity contribution < 1.29 is 9.90 Å². The number of rotatable bonds is 4. The van der Waals surface area contributed by atoms with Crippen molar-refractivity contribution in [2.75, 3.05) is 5.01 Å². The minimum atomic E-state index is -1.27. The van der Waals surface area contributed by atoms with Crippen molar-refractivity contribution in [1.82, 2.24) is 50.5 Å². The van der Waals surface area contributed by atoms with Crippen LogP contribution in [-0.4, -0.2) is 61.6 Å². The summed E-state index contributed by atoms with van der Waals surface area (Å²) in [6, 6.07) is 9.24. The van der Waals surface area contributed by atoms with E-state index < -0.39 is 5.97 Å². The van der Waals surface area contributed by atoms with Crippen LogP contribution in [0.25, 0.3) is 22.6 Å². The predicted molar refractivity (Wildman–Crippen MR) is 89.0 cm³/mol. The van der Waals surface area contributed by atoms with Crippen LogP contribution in [-0.2, 0) is 0 Å². The van der Waals surface area contributed by atoms with Crippen molar-refractivity contribution in [3.63, 3.8) is 0 Å². The average Bonchev–Trinajstić information content (AvgIpc) is 3.40. The molecule has 0 fully saturated rings. The molecular weight excluding hydrogens is 356 g/mol. The van der Waals surface area contributed by atoms with Gasteiger partial charge in [-0.15, -0.1) is 29.7 Å². The standard InChI is InChI=1S/C13H10N12O2/c14-23(10-8(13(26)27)18-25-12(10)16-20-22-25)9-7(6-4-2-1-3-5-6)17-24-11(9)15-19-21-24/h1-5H,14H2,(H,15,21)(H,16,22)(H,26,27). The molecule has 0 radical (unpaired) electrons. The first-order valence-electron chi connectivity index (χ1n) is 7.58. The highest BCUT2D eigenvalue weighted by Crippen LogP contribution is 2.37. The number of carboxylic acid groups (broad SMARTS) is 1. The third-order valence-electron chi connectivity index (χ3n) is 3.97. The van der Waals surface area contributed by atoms with Gasteiger partial charge in [-0.25, -0.2) is 10.6 Å². The lowest BCUT2D eigenvalue weighted by molar-refractivity contribution is 0.0690. The van der Waals surface area contributed by atoms with Crippen LogP contribution in [0.5, 0.6) is 0 Å². The number of fused-ring (bicyclic) bond motifs is 2. The van der Waals surface area contributed by atoms with Gasteiger partial charge in [0.05, 0.1) is 0 Å². The third kappa shape index (κ3) is 2.07. The van der Waals surface area contributed by atoms with Crippen molar-refractivity contribution in [3.8, 4) is 11.3 Å². The zero-order valence-electron chi connectivity index (χ0n) is 13.3. The number of hydrogen-bond donors (Lipinski definition) is 4. The molecule has 134 valence electrons. The summed E-state index contributed by atoms with van der Waals surface area (Å²) in [5, 5.41) is 39.2. The number of aromatic carboxylic acids is 1. The number of benzene rings is 1. The third-order valence-corrected chi connectivity index (χ3v) is 3.97. The largest absolute Gasteiger partial charge is 0.476 e. The van der Waals surface area contributed by atoms with E-state index in [-0.39, 0.29) is 17.0 Å². The van der Waals surface area contributed by atoms with E-state index in [2.05, 4.69) is 41.2 Å². The number of nitrogens with two attached hydrogens (primary N) is 1. The molecule has 5 aromatic rings. The van der Waals surface area contributed by atoms with Gasteiger partial charge in [-0.05, 0) is 10.4 Å². The van der Waals surface area contributed by atoms with Crippen LogP contribution < -0.4 is 10.9 Å². The molecule has 0 amide bonds. The van der Waals surface area contributed by atoms with Crippen LogP contribution in [0.15, 0.2) is 30.3 Å². The second-order valence-electron chi connectivity index (χ2n) is 5.51. The fraction of sp³-hybridized carbons (Fsp3) is 0. The Bertz CT molecular complexity index is 1280. The fourth-order valence-corrected chi connectivity index (χ4v) is 2.83. The van der Waals surface area contributed by atoms with Gasteiger partial charge < -0.3 is 5.11 Å². The summed E-state index contributed by atoms with van der Waals surface area (Å²) in [4.78, 5) is 11.7. The molecule has 14 heteroatoms. The van der Waals surface area contributed by atoms with Gasteiger partial charge in [-0.3, -0.25) is 5.01 Å². The molecule has 4 heterocycles. The molecule has 0 aliphatic rings. The topological polar surface area (TPSA) is 184 Å². The molecule has 0 spiro atoms. The molecule has 5 rings (SSSR count). The van der Waals surface area contributed by atoms with Gasteiger partial charge in [0.15, 0.2) is 5.69 Å². The molecular formula is C13H10N12O2. The van der Waals surface area contributed by atoms with Crippen LogP contribution >= 0.6 is 0 Å². The van der Waals surface area contributed by atoms with Gasteiger partial charge in [0.1, 0.15) is 17.1 Å². The minimum Gasteiger partial charge on any atom is -0.476 e. The summed E-state index contributed by atoms with van der Waals surface area (Å²) < 4.78 is 2.45. The van der Waals surface area contributed by atoms with E-state index >= 15 is 0 Å². The molecule has 0 atom stereocenters. The van der Waals surface area contributed by atoms with Gasteiger partial charge in [-0.1, -0.05) is 30.3 Å². The van der Waals surface area contributed by atoms with E-state index in [9.17, 15) is 9.90 Å². The van der Waals surface area contributed by atoms with Crippen molar-refractivity contribution >= 4 is 28.6 Å². The SMILES string of the molecule is NN(c1c(C(=O)O)nn2[nH]nnc12)c1c(-c2ccccc2)nn2[nH]nnc12. The summed E-state index contributed by atoms with van der Waals surface area (Å²) in [5.74, 6) is 5.06. The van der Waals surface area contributed by atoms with Gasteiger partial charge in [0.25, 0.3) is 0 Å². The van der Waals surface area contributed by atoms with E-state index in [0.29, 0.717) is 17.0 Å². The highest BCUT2D eigenvalue weighted by atomic mass is 16.4. The Kier molecular flexibility index (Phi) is 2.96. The Labute approximate surface area is 148 Å². The summed E-state index contributed by atoms with van der Waals surface area (Å²) in [6.45, 7) is 0. The van der Waals surface area contributed by atoms with E-state index in [0.717, 1.165) is 15.2 Å². The zero-order chi connectivity index (χ0) is 18.5. The van der Waals surface area contributed by atoms with E-state index in [1.807, 2.05) is 30.3 Å². The normalized spacial score (nSPS) is 11.4. The molecule has 4 aromatic heterocycles. The van der Waals surface area contributed by atoms with E-state index in [1.54, 1.807) is 0 Å². The minimum absolute atomic E-state index is 0.0336. The Hall–Kier alpha value is -4.33. The number of carbonyl (C=O) groups is 1. The molecule has 0 aliphatic heterocycles. The molecule has 14 nitrogen and oxygen atoms in total. The van der Waals surface area contributed by atoms with Gasteiger partial charge >= 0.3 is 5.97 Å². The number of nitrogens with zero attached hydrogens (tertiary/aromatic N) is 9. The maximum absolute atomic E-state index is 11.7. The second-order valence-corrected chi connectivity index (χ2v) is 5.51. The molecule has 0 bridgehead atoms. The summed E-state index contributed by atoms with van der Waals surface area (Å²) in [5.41, 5.74) is 1.72. The number of aromatic amines is 2. The van der Waals surface area contributed by atoms with Crippen molar-refractivity contribution in [1.29, 1.82) is 0 Å². The molecule has 5 N–H and O–H groups in total. The van der Waals surface area contributed by atoms with Crippen molar-refractivity contribution in [3.05, 3.63) is 36.0 Å². The number of H-pyrrole nitrogens is 2. The van der Waals surface area contributed by atoms with Crippen molar-refractivity contribution in [2.45, 2.75) is 0 Å². The van der Waals surface area contributed by atoms with Gasteiger partial charge in [0.2, 0.25) is 11.3 Å². The fourth-order valence-electron chi connectivity index (χ4n) is 2.83. The molecule has 0 saturated heterocycles. The second kappa shape index (κ2) is 5.33. The molecule has 0 unspecified atom stereocenters. The first-order chi connectivity index (χ1) is 13.1. The van der Waals surface area contributed by atoms with Gasteiger partial charge in [-0.2, -0.15) is 10.4 Å². The van der Waals surface area contributed by atoms with Crippen LogP contribution in [0.4, 0.5) is 11.4 Å². The highest BCUT2D eigenvalue weighted by molar-refractivity contribution is 6.00. The number of nitrogens with one attached hydrogen (secondary N) is 2. The lowest BCUT2D eigenvalue weighted by atomic mass is 10.1. The maximum Gasteiger partial charge on any atom is 0.358 e. The zero-order valence-corrected chi connectivity index (χ0v) is 13.3. The molecule has 27 heavy (non-hydrogen) atoms. The molecule has 0 saturated carbocycles. The first kappa shape index (κ1) is 15.0. The summed E-state index contributed by atoms with van der Waals surface area (Å²) in [6.07, 6.45) is 0. The number of hydrazine groups is 1. The quantitative estimate of drug-likeness (QED) is 0.241. The average molecular weight is 366 g/mol. The van der Waals surface area contributed by atoms with E-state index in [4.69, 9.17) is 5.84 Å². The molecule has 0 aliphatic carbocycles. The van der Waals surface area contributed by atoms with Crippen molar-refractivity contribution in [2.24, 2.45) is 5.84 Å². The number of hydrogen-bond acceptors (Lipinski definition) is 9. The smallest absolute Gasteiger partial charge is 0.358 e. The van der Waals surface area contributed by atoms with Crippen LogP contribution in [0.3, 0.4) is 0 Å². The maximum atomic E-state index is 11.7. The number of anilines is 2. The Morgan fingerprint density at radius 1 is 1.00 bits per heavy atom. The Morgan fingerprint density at radius 3 is 2.30 bits per heavy atom. The van der Waals surface area contributed by atoms with Crippen LogP contribution in [0.1, 0.15) is 10.5 Å². The summed E-state index contributed by atoms with van der Waals surface area (Å²) in [7, 11) is 0. The number of carboxylic acids is 1. The predicted octanol–water partition coefficient (Wildman–Crippen LogP) is -0.405. The highest BCUT2D eigenvalue weighted by Gasteiger charge is 2.30. The Morgan fingerprint density at radius 2 is 1.63 bits per heavy atom. The number of aromatic nitrogens is 10. The van der Waals surface area contributed by atoms with Crippen LogP contribution in [0.2, 0.25) is 0 Å². The summed E-state index contributed by atoms with van der Waals surface area (Å²) >= 11 is 0. The molecule has 1 aromatic carbocycles. The van der Waals surface area contributed by atoms with E-state index in [1.165, 1.54) is 4.63 Å². The Balaban J connectivity index is 1.79. The van der Waals surface area contributed by atoms with Crippen LogP contribution in [0, 0.1) is 0 Å². The number of tetrazole rings is 2. The monoisotopic (exact) mass is 366 g/mol. The lowest BCUT2D eigenvalue weighted by Crippen LogP contribution is -2.27. The van der Waals surface area contributed by atoms with Gasteiger partial charge in [0, 0.05) is 5.56 Å². The first-order valence-corrected chi connectivity index (χ1v) is 7.58.